The molecule has 2 atom stereocenters. The van der Waals surface area contributed by atoms with Crippen molar-refractivity contribution in [1.82, 2.24) is 0 Å². The number of hydrogen-bond donors (Lipinski definition) is 1. The molecule has 0 heterocycles. The molecule has 0 amide bonds. The van der Waals surface area contributed by atoms with Gasteiger partial charge in [-0.2, -0.15) is 5.26 Å². The van der Waals surface area contributed by atoms with Crippen molar-refractivity contribution in [3.8, 4) is 6.07 Å². The van der Waals surface area contributed by atoms with E-state index in [1.54, 1.807) is 6.92 Å². The Bertz CT molecular complexity index is 904. The van der Waals surface area contributed by atoms with E-state index >= 15 is 0 Å². The van der Waals surface area contributed by atoms with Crippen molar-refractivity contribution in [2.24, 2.45) is 5.41 Å². The third kappa shape index (κ3) is 14.1. The van der Waals surface area contributed by atoms with Crippen LogP contribution in [-0.4, -0.2) is 24.5 Å². The molecule has 4 heteroatoms. The number of nitriles is 1. The molecule has 0 bridgehead atoms. The molecule has 1 aromatic rings. The molecule has 0 saturated heterocycles. The Morgan fingerprint density at radius 3 is 2.24 bits per heavy atom. The van der Waals surface area contributed by atoms with Crippen molar-refractivity contribution in [2.75, 3.05) is 13.7 Å². The summed E-state index contributed by atoms with van der Waals surface area (Å²) in [5, 5.41) is 17.0. The smallest absolute Gasteiger partial charge is 0.142 e. The van der Waals surface area contributed by atoms with E-state index in [1.807, 2.05) is 12.2 Å². The fourth-order valence-electron chi connectivity index (χ4n) is 5.84. The summed E-state index contributed by atoms with van der Waals surface area (Å²) in [6, 6.07) is 11.8. The van der Waals surface area contributed by atoms with Crippen LogP contribution < -0.4 is 0 Å². The van der Waals surface area contributed by atoms with Gasteiger partial charge in [-0.1, -0.05) is 109 Å². The summed E-state index contributed by atoms with van der Waals surface area (Å²) in [6.07, 6.45) is 22.4. The van der Waals surface area contributed by atoms with Crippen LogP contribution in [0.4, 0.5) is 4.39 Å². The fraction of sp³-hybridized carbons (Fsp3) is 0.703. The molecule has 0 aromatic heterocycles. The van der Waals surface area contributed by atoms with Gasteiger partial charge in [0.25, 0.3) is 0 Å². The zero-order chi connectivity index (χ0) is 30.6. The molecule has 0 radical (unpaired) electrons. The first-order chi connectivity index (χ1) is 19.8. The van der Waals surface area contributed by atoms with Crippen molar-refractivity contribution in [3.63, 3.8) is 0 Å². The van der Waals surface area contributed by atoms with Gasteiger partial charge in [-0.15, -0.1) is 0 Å². The summed E-state index contributed by atoms with van der Waals surface area (Å²) in [4.78, 5) is 0. The molecular weight excluding hydrogens is 509 g/mol. The minimum Gasteiger partial charge on any atom is -0.491 e. The van der Waals surface area contributed by atoms with Crippen molar-refractivity contribution in [2.45, 2.75) is 148 Å². The Morgan fingerprint density at radius 1 is 1.05 bits per heavy atom. The second-order valence-corrected chi connectivity index (χ2v) is 12.3. The number of ether oxygens (including phenoxy) is 1. The lowest BCUT2D eigenvalue weighted by atomic mass is 9.67. The highest BCUT2D eigenvalue weighted by Crippen LogP contribution is 2.45. The molecule has 1 aliphatic carbocycles. The Morgan fingerprint density at radius 2 is 1.66 bits per heavy atom. The van der Waals surface area contributed by atoms with E-state index in [-0.39, 0.29) is 17.9 Å². The Hall–Kier alpha value is -2.12. The van der Waals surface area contributed by atoms with Crippen LogP contribution >= 0.6 is 0 Å². The van der Waals surface area contributed by atoms with Gasteiger partial charge in [-0.3, -0.25) is 0 Å². The fourth-order valence-corrected chi connectivity index (χ4v) is 5.84. The predicted octanol–water partition coefficient (Wildman–Crippen LogP) is 11.1. The molecule has 1 N–H and O–H groups in total. The van der Waals surface area contributed by atoms with Gasteiger partial charge in [0.15, 0.2) is 0 Å². The van der Waals surface area contributed by atoms with Gasteiger partial charge in [-0.05, 0) is 87.0 Å². The molecule has 3 nitrogen and oxygen atoms in total. The number of nitrogens with zero attached hydrogens (tertiary/aromatic N) is 1. The largest absolute Gasteiger partial charge is 0.491 e. The summed E-state index contributed by atoms with van der Waals surface area (Å²) in [6.45, 7) is 10.4. The average molecular weight is 570 g/mol. The van der Waals surface area contributed by atoms with E-state index in [0.29, 0.717) is 12.3 Å². The molecule has 1 aromatic carbocycles. The first-order valence-corrected chi connectivity index (χ1v) is 16.4. The first kappa shape index (κ1) is 36.9. The summed E-state index contributed by atoms with van der Waals surface area (Å²) in [7, 11) is 1.00. The maximum Gasteiger partial charge on any atom is 0.142 e. The van der Waals surface area contributed by atoms with Crippen LogP contribution in [0.25, 0.3) is 0 Å². The van der Waals surface area contributed by atoms with Gasteiger partial charge in [0.05, 0.1) is 11.5 Å². The summed E-state index contributed by atoms with van der Waals surface area (Å²) >= 11 is 0. The normalized spacial score (nSPS) is 21.4. The lowest BCUT2D eigenvalue weighted by Crippen LogP contribution is -2.25. The molecule has 1 aliphatic rings. The average Bonchev–Trinajstić information content (AvgIpc) is 3.00. The molecule has 2 rings (SSSR count). The van der Waals surface area contributed by atoms with Crippen molar-refractivity contribution >= 4 is 0 Å². The van der Waals surface area contributed by atoms with E-state index in [9.17, 15) is 9.65 Å². The Labute approximate surface area is 252 Å². The first-order valence-electron chi connectivity index (χ1n) is 16.4. The third-order valence-corrected chi connectivity index (χ3v) is 8.67. The van der Waals surface area contributed by atoms with E-state index < -0.39 is 5.67 Å². The third-order valence-electron chi connectivity index (χ3n) is 8.67. The van der Waals surface area contributed by atoms with Crippen LogP contribution in [0.2, 0.25) is 0 Å². The SMILES string of the molecule is CC/C=C(\C=C/C(C)c1ccc(C2CCC(C#N)(CCCCCCC)CC2)cc1)OC[C@@](C)(F)CCCCC.CO. The molecule has 1 saturated carbocycles. The van der Waals surface area contributed by atoms with Gasteiger partial charge >= 0.3 is 0 Å². The summed E-state index contributed by atoms with van der Waals surface area (Å²) in [5.74, 6) is 1.56. The number of aliphatic hydroxyl groups is 1. The van der Waals surface area contributed by atoms with E-state index in [1.165, 1.54) is 43.2 Å². The molecule has 41 heavy (non-hydrogen) atoms. The van der Waals surface area contributed by atoms with Crippen molar-refractivity contribution < 1.29 is 14.2 Å². The van der Waals surface area contributed by atoms with Crippen LogP contribution in [0.5, 0.6) is 0 Å². The van der Waals surface area contributed by atoms with Crippen molar-refractivity contribution in [1.29, 1.82) is 5.26 Å². The van der Waals surface area contributed by atoms with Crippen LogP contribution in [0.1, 0.15) is 154 Å². The highest BCUT2D eigenvalue weighted by molar-refractivity contribution is 5.31. The lowest BCUT2D eigenvalue weighted by Gasteiger charge is -2.35. The van der Waals surface area contributed by atoms with Gasteiger partial charge in [0.1, 0.15) is 18.0 Å². The molecule has 1 unspecified atom stereocenters. The van der Waals surface area contributed by atoms with Gasteiger partial charge in [0, 0.05) is 7.11 Å². The molecule has 0 spiro atoms. The quantitative estimate of drug-likeness (QED) is 0.109. The van der Waals surface area contributed by atoms with Crippen molar-refractivity contribution in [3.05, 3.63) is 59.4 Å². The number of halogens is 1. The van der Waals surface area contributed by atoms with Gasteiger partial charge in [0.2, 0.25) is 0 Å². The number of alkyl halides is 1. The van der Waals surface area contributed by atoms with Crippen LogP contribution in [0, 0.1) is 16.7 Å². The monoisotopic (exact) mass is 569 g/mol. The van der Waals surface area contributed by atoms with Crippen LogP contribution in [0.3, 0.4) is 0 Å². The number of unbranched alkanes of at least 4 members (excludes halogenated alkanes) is 6. The minimum atomic E-state index is -1.29. The van der Waals surface area contributed by atoms with E-state index in [2.05, 4.69) is 64.1 Å². The molecular formula is C37H60FNO2. The summed E-state index contributed by atoms with van der Waals surface area (Å²) in [5.41, 5.74) is 1.29. The number of allylic oxidation sites excluding steroid dienone is 3. The lowest BCUT2D eigenvalue weighted by molar-refractivity contribution is 0.0573. The number of aliphatic hydroxyl groups excluding tert-OH is 1. The van der Waals surface area contributed by atoms with Crippen LogP contribution in [0.15, 0.2) is 48.3 Å². The number of benzene rings is 1. The zero-order valence-electron chi connectivity index (χ0n) is 27.2. The number of rotatable bonds is 18. The maximum absolute atomic E-state index is 14.8. The predicted molar refractivity (Wildman–Crippen MR) is 173 cm³/mol. The van der Waals surface area contributed by atoms with Gasteiger partial charge < -0.3 is 9.84 Å². The number of hydrogen-bond acceptors (Lipinski definition) is 3. The molecule has 232 valence electrons. The Balaban J connectivity index is 0.00000411. The second-order valence-electron chi connectivity index (χ2n) is 12.3. The highest BCUT2D eigenvalue weighted by Gasteiger charge is 2.35. The minimum absolute atomic E-state index is 0.0944. The highest BCUT2D eigenvalue weighted by atomic mass is 19.1. The summed E-state index contributed by atoms with van der Waals surface area (Å²) < 4.78 is 20.7. The molecule has 0 aliphatic heterocycles. The topological polar surface area (TPSA) is 53.2 Å². The van der Waals surface area contributed by atoms with Crippen LogP contribution in [-0.2, 0) is 4.74 Å². The van der Waals surface area contributed by atoms with Gasteiger partial charge in [-0.25, -0.2) is 4.39 Å². The van der Waals surface area contributed by atoms with E-state index in [4.69, 9.17) is 9.84 Å². The maximum atomic E-state index is 14.8. The Kier molecular flexibility index (Phi) is 18.6. The second kappa shape index (κ2) is 20.7. The molecule has 1 fully saturated rings. The van der Waals surface area contributed by atoms with E-state index in [0.717, 1.165) is 70.7 Å². The zero-order valence-corrected chi connectivity index (χ0v) is 27.2. The standard InChI is InChI=1S/C36H56FNO.CH4O/c1-6-9-11-12-14-25-36(28-38)26-22-33(23-27-36)32-19-17-31(18-20-32)30(4)16-21-34(15-8-3)39-29-35(5,37)24-13-10-7-2;1-2/h15-21,30,33H,6-14,22-27,29H2,1-5H3;2H,1H3/b21-16-,34-15+;/t30?,33?,35-,36?;/m0./s1.